The predicted octanol–water partition coefficient (Wildman–Crippen LogP) is 3.43. The van der Waals surface area contributed by atoms with E-state index in [0.29, 0.717) is 19.0 Å². The molecule has 0 aliphatic rings. The zero-order chi connectivity index (χ0) is 16.7. The van der Waals surface area contributed by atoms with Crippen molar-refractivity contribution in [2.45, 2.75) is 6.54 Å². The number of rotatable bonds is 7. The molecular formula is C17H17ClFNO3. The first-order valence-corrected chi connectivity index (χ1v) is 7.42. The Hall–Kier alpha value is -2.11. The Morgan fingerprint density at radius 2 is 1.91 bits per heavy atom. The summed E-state index contributed by atoms with van der Waals surface area (Å²) in [5.74, 6) is -0.473. The van der Waals surface area contributed by atoms with E-state index in [9.17, 15) is 9.18 Å². The fourth-order valence-electron chi connectivity index (χ4n) is 1.93. The van der Waals surface area contributed by atoms with Gasteiger partial charge in [0.1, 0.15) is 18.2 Å². The van der Waals surface area contributed by atoms with Gasteiger partial charge in [-0.25, -0.2) is 4.39 Å². The van der Waals surface area contributed by atoms with Gasteiger partial charge in [0.05, 0.1) is 17.2 Å². The Bertz CT molecular complexity index is 641. The highest BCUT2D eigenvalue weighted by molar-refractivity contribution is 6.33. The number of methoxy groups -OCH3 is 1. The monoisotopic (exact) mass is 337 g/mol. The summed E-state index contributed by atoms with van der Waals surface area (Å²) in [4.78, 5) is 12.0. The van der Waals surface area contributed by atoms with Crippen LogP contribution in [0.4, 0.5) is 4.39 Å². The number of amides is 1. The van der Waals surface area contributed by atoms with Crippen LogP contribution >= 0.6 is 11.6 Å². The minimum absolute atomic E-state index is 0.0874. The summed E-state index contributed by atoms with van der Waals surface area (Å²) in [6.45, 7) is 1.25. The topological polar surface area (TPSA) is 47.6 Å². The summed E-state index contributed by atoms with van der Waals surface area (Å²) in [6.07, 6.45) is 0. The molecule has 1 amide bonds. The van der Waals surface area contributed by atoms with E-state index in [2.05, 4.69) is 5.32 Å². The van der Waals surface area contributed by atoms with Crippen LogP contribution in [0, 0.1) is 5.82 Å². The van der Waals surface area contributed by atoms with Gasteiger partial charge in [-0.05, 0) is 29.8 Å². The maximum Gasteiger partial charge on any atom is 0.256 e. The molecule has 6 heteroatoms. The minimum Gasteiger partial charge on any atom is -0.491 e. The lowest BCUT2D eigenvalue weighted by Crippen LogP contribution is -2.24. The quantitative estimate of drug-likeness (QED) is 0.787. The van der Waals surface area contributed by atoms with Crippen LogP contribution in [0.15, 0.2) is 42.5 Å². The molecule has 0 aliphatic carbocycles. The third-order valence-electron chi connectivity index (χ3n) is 3.12. The number of halogens is 2. The summed E-state index contributed by atoms with van der Waals surface area (Å²) in [5.41, 5.74) is 0.721. The predicted molar refractivity (Wildman–Crippen MR) is 86.4 cm³/mol. The first-order valence-electron chi connectivity index (χ1n) is 7.04. The van der Waals surface area contributed by atoms with Gasteiger partial charge < -0.3 is 14.8 Å². The van der Waals surface area contributed by atoms with Gasteiger partial charge in [-0.15, -0.1) is 0 Å². The SMILES string of the molecule is COCCOc1ccc(CNC(=O)c2c(F)cccc2Cl)cc1. The van der Waals surface area contributed by atoms with Crippen LogP contribution in [0.25, 0.3) is 0 Å². The largest absolute Gasteiger partial charge is 0.491 e. The molecule has 0 aliphatic heterocycles. The Morgan fingerprint density at radius 3 is 2.57 bits per heavy atom. The smallest absolute Gasteiger partial charge is 0.256 e. The summed E-state index contributed by atoms with van der Waals surface area (Å²) in [6, 6.07) is 11.4. The van der Waals surface area contributed by atoms with E-state index in [-0.39, 0.29) is 17.1 Å². The third kappa shape index (κ3) is 4.94. The molecule has 0 bridgehead atoms. The van der Waals surface area contributed by atoms with E-state index in [1.165, 1.54) is 18.2 Å². The van der Waals surface area contributed by atoms with Gasteiger partial charge >= 0.3 is 0 Å². The average molecular weight is 338 g/mol. The maximum absolute atomic E-state index is 13.7. The van der Waals surface area contributed by atoms with Crippen molar-refractivity contribution in [2.75, 3.05) is 20.3 Å². The van der Waals surface area contributed by atoms with Crippen LogP contribution < -0.4 is 10.1 Å². The van der Waals surface area contributed by atoms with E-state index in [4.69, 9.17) is 21.1 Å². The second-order valence-electron chi connectivity index (χ2n) is 4.76. The fraction of sp³-hybridized carbons (Fsp3) is 0.235. The summed E-state index contributed by atoms with van der Waals surface area (Å²) in [5, 5.41) is 2.73. The minimum atomic E-state index is -0.642. The molecule has 0 aromatic heterocycles. The molecule has 0 spiro atoms. The molecule has 0 heterocycles. The average Bonchev–Trinajstić information content (AvgIpc) is 2.54. The summed E-state index contributed by atoms with van der Waals surface area (Å²) < 4.78 is 24.0. The molecule has 0 saturated heterocycles. The normalized spacial score (nSPS) is 10.4. The third-order valence-corrected chi connectivity index (χ3v) is 3.44. The first-order chi connectivity index (χ1) is 11.1. The van der Waals surface area contributed by atoms with Crippen molar-refractivity contribution in [1.82, 2.24) is 5.32 Å². The number of nitrogens with one attached hydrogen (secondary N) is 1. The van der Waals surface area contributed by atoms with E-state index >= 15 is 0 Å². The standard InChI is InChI=1S/C17H17ClFNO3/c1-22-9-10-23-13-7-5-12(6-8-13)11-20-17(21)16-14(18)3-2-4-15(16)19/h2-8H,9-11H2,1H3,(H,20,21). The van der Waals surface area contributed by atoms with Crippen molar-refractivity contribution in [3.8, 4) is 5.75 Å². The van der Waals surface area contributed by atoms with Crippen LogP contribution in [-0.4, -0.2) is 26.2 Å². The van der Waals surface area contributed by atoms with E-state index < -0.39 is 11.7 Å². The lowest BCUT2D eigenvalue weighted by Gasteiger charge is -2.09. The lowest BCUT2D eigenvalue weighted by atomic mass is 10.1. The van der Waals surface area contributed by atoms with Crippen molar-refractivity contribution in [3.05, 3.63) is 64.4 Å². The zero-order valence-electron chi connectivity index (χ0n) is 12.6. The zero-order valence-corrected chi connectivity index (χ0v) is 13.4. The number of hydrogen-bond acceptors (Lipinski definition) is 3. The lowest BCUT2D eigenvalue weighted by molar-refractivity contribution is 0.0947. The summed E-state index contributed by atoms with van der Waals surface area (Å²) in [7, 11) is 1.61. The number of carbonyl (C=O) groups is 1. The molecule has 1 N–H and O–H groups in total. The van der Waals surface area contributed by atoms with Crippen molar-refractivity contribution < 1.29 is 18.7 Å². The van der Waals surface area contributed by atoms with Gasteiger partial charge in [-0.3, -0.25) is 4.79 Å². The van der Waals surface area contributed by atoms with E-state index in [1.54, 1.807) is 19.2 Å². The molecule has 4 nitrogen and oxygen atoms in total. The molecular weight excluding hydrogens is 321 g/mol. The molecule has 0 unspecified atom stereocenters. The fourth-order valence-corrected chi connectivity index (χ4v) is 2.18. The van der Waals surface area contributed by atoms with Crippen molar-refractivity contribution >= 4 is 17.5 Å². The Balaban J connectivity index is 1.92. The number of ether oxygens (including phenoxy) is 2. The van der Waals surface area contributed by atoms with Crippen molar-refractivity contribution in [1.29, 1.82) is 0 Å². The molecule has 2 aromatic carbocycles. The van der Waals surface area contributed by atoms with Gasteiger partial charge in [0.15, 0.2) is 0 Å². The highest BCUT2D eigenvalue weighted by Gasteiger charge is 2.15. The van der Waals surface area contributed by atoms with Gasteiger partial charge in [-0.2, -0.15) is 0 Å². The molecule has 0 fully saturated rings. The Morgan fingerprint density at radius 1 is 1.17 bits per heavy atom. The van der Waals surface area contributed by atoms with Crippen molar-refractivity contribution in [3.63, 3.8) is 0 Å². The van der Waals surface area contributed by atoms with Crippen molar-refractivity contribution in [2.24, 2.45) is 0 Å². The van der Waals surface area contributed by atoms with Gasteiger partial charge in [0, 0.05) is 13.7 Å². The van der Waals surface area contributed by atoms with E-state index in [1.807, 2.05) is 12.1 Å². The Labute approximate surface area is 139 Å². The molecule has 23 heavy (non-hydrogen) atoms. The van der Waals surface area contributed by atoms with Crippen LogP contribution in [0.5, 0.6) is 5.75 Å². The second kappa shape index (κ2) is 8.50. The highest BCUT2D eigenvalue weighted by Crippen LogP contribution is 2.19. The summed E-state index contributed by atoms with van der Waals surface area (Å²) >= 11 is 5.86. The molecule has 0 saturated carbocycles. The molecule has 2 aromatic rings. The molecule has 0 radical (unpaired) electrons. The van der Waals surface area contributed by atoms with Gasteiger partial charge in [-0.1, -0.05) is 29.8 Å². The highest BCUT2D eigenvalue weighted by atomic mass is 35.5. The first kappa shape index (κ1) is 17.2. The molecule has 2 rings (SSSR count). The number of carbonyl (C=O) groups excluding carboxylic acids is 1. The maximum atomic E-state index is 13.7. The number of hydrogen-bond donors (Lipinski definition) is 1. The van der Waals surface area contributed by atoms with Crippen LogP contribution in [0.1, 0.15) is 15.9 Å². The van der Waals surface area contributed by atoms with Crippen LogP contribution in [0.2, 0.25) is 5.02 Å². The Kier molecular flexibility index (Phi) is 6.38. The van der Waals surface area contributed by atoms with Gasteiger partial charge in [0.25, 0.3) is 5.91 Å². The van der Waals surface area contributed by atoms with Crippen LogP contribution in [0.3, 0.4) is 0 Å². The number of benzene rings is 2. The molecule has 122 valence electrons. The van der Waals surface area contributed by atoms with Gasteiger partial charge in [0.2, 0.25) is 0 Å². The molecule has 0 atom stereocenters. The van der Waals surface area contributed by atoms with E-state index in [0.717, 1.165) is 5.56 Å². The van der Waals surface area contributed by atoms with Crippen LogP contribution in [-0.2, 0) is 11.3 Å². The second-order valence-corrected chi connectivity index (χ2v) is 5.17.